The van der Waals surface area contributed by atoms with Crippen molar-refractivity contribution >= 4 is 23.3 Å². The Kier molecular flexibility index (Phi) is 4.95. The van der Waals surface area contributed by atoms with Crippen LogP contribution in [0.1, 0.15) is 25.3 Å². The predicted molar refractivity (Wildman–Crippen MR) is 96.5 cm³/mol. The van der Waals surface area contributed by atoms with E-state index in [9.17, 15) is 18.0 Å². The Morgan fingerprint density at radius 2 is 1.92 bits per heavy atom. The van der Waals surface area contributed by atoms with E-state index in [-0.39, 0.29) is 16.1 Å². The van der Waals surface area contributed by atoms with Crippen molar-refractivity contribution in [1.29, 1.82) is 0 Å². The van der Waals surface area contributed by atoms with Gasteiger partial charge in [-0.3, -0.25) is 9.78 Å². The molecule has 26 heavy (non-hydrogen) atoms. The summed E-state index contributed by atoms with van der Waals surface area (Å²) < 4.78 is 42.5. The van der Waals surface area contributed by atoms with Crippen LogP contribution in [-0.4, -0.2) is 14.5 Å². The summed E-state index contributed by atoms with van der Waals surface area (Å²) in [6.07, 6.45) is -3.16. The topological polar surface area (TPSA) is 50.7 Å². The fourth-order valence-electron chi connectivity index (χ4n) is 2.78. The molecule has 2 aromatic heterocycles. The van der Waals surface area contributed by atoms with E-state index >= 15 is 0 Å². The predicted octanol–water partition coefficient (Wildman–Crippen LogP) is 4.94. The van der Waals surface area contributed by atoms with Crippen molar-refractivity contribution in [3.8, 4) is 11.3 Å². The Hall–Kier alpha value is -2.48. The molecule has 3 aromatic rings. The zero-order chi connectivity index (χ0) is 18.9. The van der Waals surface area contributed by atoms with Crippen molar-refractivity contribution in [1.82, 2.24) is 14.5 Å². The Morgan fingerprint density at radius 3 is 2.54 bits per heavy atom. The molecule has 0 saturated heterocycles. The van der Waals surface area contributed by atoms with Crippen LogP contribution in [0.4, 0.5) is 13.2 Å². The molecule has 0 atom stereocenters. The average molecular weight is 379 g/mol. The number of pyridine rings is 1. The molecule has 0 amide bonds. The van der Waals surface area contributed by atoms with Gasteiger partial charge < -0.3 is 4.57 Å². The number of halogens is 3. The number of nitrogens with one attached hydrogen (secondary N) is 1. The summed E-state index contributed by atoms with van der Waals surface area (Å²) in [5.74, 6) is 0. The quantitative estimate of drug-likeness (QED) is 0.653. The molecule has 8 heteroatoms. The highest BCUT2D eigenvalue weighted by Crippen LogP contribution is 2.35. The first-order valence-corrected chi connectivity index (χ1v) is 8.54. The Morgan fingerprint density at radius 1 is 1.23 bits per heavy atom. The van der Waals surface area contributed by atoms with E-state index in [4.69, 9.17) is 12.2 Å². The van der Waals surface area contributed by atoms with Crippen LogP contribution in [-0.2, 0) is 12.7 Å². The second kappa shape index (κ2) is 7.03. The normalized spacial score (nSPS) is 11.8. The molecule has 0 fully saturated rings. The van der Waals surface area contributed by atoms with E-state index in [2.05, 4.69) is 9.97 Å². The fourth-order valence-corrected chi connectivity index (χ4v) is 3.05. The summed E-state index contributed by atoms with van der Waals surface area (Å²) in [5.41, 5.74) is -1.25. The Bertz CT molecular complexity index is 1060. The van der Waals surface area contributed by atoms with Crippen molar-refractivity contribution in [2.24, 2.45) is 0 Å². The number of alkyl halides is 3. The van der Waals surface area contributed by atoms with E-state index < -0.39 is 22.7 Å². The lowest BCUT2D eigenvalue weighted by Gasteiger charge is -2.16. The van der Waals surface area contributed by atoms with Crippen LogP contribution in [0, 0.1) is 4.77 Å². The number of aromatic nitrogens is 3. The second-order valence-electron chi connectivity index (χ2n) is 5.88. The van der Waals surface area contributed by atoms with Gasteiger partial charge in [0.2, 0.25) is 0 Å². The first kappa shape index (κ1) is 18.3. The number of hydrogen-bond donors (Lipinski definition) is 1. The SMILES string of the molecule is CCCCn1c(=S)[nH]c(=O)c2c(C(F)(F)F)cc(-c3ccccc3)nc21. The largest absolute Gasteiger partial charge is 0.417 e. The van der Waals surface area contributed by atoms with Crippen molar-refractivity contribution in [3.63, 3.8) is 0 Å². The first-order chi connectivity index (χ1) is 12.3. The van der Waals surface area contributed by atoms with E-state index in [1.165, 1.54) is 4.57 Å². The lowest BCUT2D eigenvalue weighted by molar-refractivity contribution is -0.136. The molecular formula is C18H16F3N3OS. The number of aryl methyl sites for hydroxylation is 1. The lowest BCUT2D eigenvalue weighted by Crippen LogP contribution is -2.20. The van der Waals surface area contributed by atoms with Gasteiger partial charge in [-0.2, -0.15) is 13.2 Å². The van der Waals surface area contributed by atoms with Gasteiger partial charge in [-0.05, 0) is 24.7 Å². The summed E-state index contributed by atoms with van der Waals surface area (Å²) >= 11 is 5.16. The molecule has 3 rings (SSSR count). The monoisotopic (exact) mass is 379 g/mol. The number of nitrogens with zero attached hydrogens (tertiary/aromatic N) is 2. The van der Waals surface area contributed by atoms with Crippen LogP contribution in [0.2, 0.25) is 0 Å². The summed E-state index contributed by atoms with van der Waals surface area (Å²) in [6, 6.07) is 9.47. The molecule has 0 aliphatic rings. The van der Waals surface area contributed by atoms with Gasteiger partial charge in [0.25, 0.3) is 5.56 Å². The van der Waals surface area contributed by atoms with Crippen molar-refractivity contribution in [2.45, 2.75) is 32.5 Å². The minimum atomic E-state index is -4.69. The van der Waals surface area contributed by atoms with Crippen LogP contribution in [0.15, 0.2) is 41.2 Å². The van der Waals surface area contributed by atoms with Crippen molar-refractivity contribution in [2.75, 3.05) is 0 Å². The van der Waals surface area contributed by atoms with Crippen molar-refractivity contribution in [3.05, 3.63) is 57.1 Å². The molecule has 0 bridgehead atoms. The third kappa shape index (κ3) is 3.41. The van der Waals surface area contributed by atoms with Crippen LogP contribution in [0.25, 0.3) is 22.3 Å². The van der Waals surface area contributed by atoms with Gasteiger partial charge in [-0.25, -0.2) is 4.98 Å². The van der Waals surface area contributed by atoms with Crippen molar-refractivity contribution < 1.29 is 13.2 Å². The van der Waals surface area contributed by atoms with Crippen LogP contribution in [0.3, 0.4) is 0 Å². The zero-order valence-electron chi connectivity index (χ0n) is 13.9. The molecule has 136 valence electrons. The zero-order valence-corrected chi connectivity index (χ0v) is 14.7. The molecular weight excluding hydrogens is 363 g/mol. The molecule has 0 spiro atoms. The fraction of sp³-hybridized carbons (Fsp3) is 0.278. The highest BCUT2D eigenvalue weighted by molar-refractivity contribution is 7.71. The van der Waals surface area contributed by atoms with Gasteiger partial charge in [-0.15, -0.1) is 0 Å². The van der Waals surface area contributed by atoms with E-state index in [0.717, 1.165) is 12.5 Å². The van der Waals surface area contributed by atoms with E-state index in [0.29, 0.717) is 18.5 Å². The Balaban J connectivity index is 2.44. The minimum Gasteiger partial charge on any atom is -0.302 e. The molecule has 4 nitrogen and oxygen atoms in total. The third-order valence-corrected chi connectivity index (χ3v) is 4.38. The molecule has 0 saturated carbocycles. The van der Waals surface area contributed by atoms with Gasteiger partial charge in [0.05, 0.1) is 16.6 Å². The maximum atomic E-state index is 13.7. The molecule has 0 aliphatic heterocycles. The third-order valence-electron chi connectivity index (χ3n) is 4.06. The van der Waals surface area contributed by atoms with Gasteiger partial charge in [-0.1, -0.05) is 43.7 Å². The number of benzene rings is 1. The number of hydrogen-bond acceptors (Lipinski definition) is 3. The Labute approximate surface area is 152 Å². The standard InChI is InChI=1S/C18H16F3N3OS/c1-2-3-9-24-15-14(16(25)23-17(24)26)12(18(19,20)21)10-13(22-15)11-7-5-4-6-8-11/h4-8,10H,2-3,9H2,1H3,(H,23,25,26). The summed E-state index contributed by atoms with van der Waals surface area (Å²) in [7, 11) is 0. The summed E-state index contributed by atoms with van der Waals surface area (Å²) in [6.45, 7) is 2.34. The molecule has 0 unspecified atom stereocenters. The average Bonchev–Trinajstić information content (AvgIpc) is 2.60. The number of fused-ring (bicyclic) bond motifs is 1. The molecule has 0 radical (unpaired) electrons. The van der Waals surface area contributed by atoms with Gasteiger partial charge in [0.15, 0.2) is 4.77 Å². The number of H-pyrrole nitrogens is 1. The number of aromatic amines is 1. The van der Waals surface area contributed by atoms with Gasteiger partial charge >= 0.3 is 6.18 Å². The van der Waals surface area contributed by atoms with Gasteiger partial charge in [0, 0.05) is 12.1 Å². The maximum Gasteiger partial charge on any atom is 0.417 e. The molecule has 2 heterocycles. The van der Waals surface area contributed by atoms with Crippen LogP contribution in [0.5, 0.6) is 0 Å². The maximum absolute atomic E-state index is 13.7. The van der Waals surface area contributed by atoms with Gasteiger partial charge in [0.1, 0.15) is 5.65 Å². The van der Waals surface area contributed by atoms with Crippen LogP contribution < -0.4 is 5.56 Å². The molecule has 0 aliphatic carbocycles. The van der Waals surface area contributed by atoms with E-state index in [1.54, 1.807) is 30.3 Å². The minimum absolute atomic E-state index is 0.0409. The number of rotatable bonds is 4. The summed E-state index contributed by atoms with van der Waals surface area (Å²) in [4.78, 5) is 19.0. The van der Waals surface area contributed by atoms with E-state index in [1.807, 2.05) is 6.92 Å². The highest BCUT2D eigenvalue weighted by atomic mass is 32.1. The van der Waals surface area contributed by atoms with Crippen LogP contribution >= 0.6 is 12.2 Å². The highest BCUT2D eigenvalue weighted by Gasteiger charge is 2.35. The lowest BCUT2D eigenvalue weighted by atomic mass is 10.1. The molecule has 1 N–H and O–H groups in total. The molecule has 1 aromatic carbocycles. The second-order valence-corrected chi connectivity index (χ2v) is 6.27. The summed E-state index contributed by atoms with van der Waals surface area (Å²) in [5, 5.41) is -0.484. The smallest absolute Gasteiger partial charge is 0.302 e. The first-order valence-electron chi connectivity index (χ1n) is 8.13. The number of unbranched alkanes of at least 4 members (excludes halogenated alkanes) is 1.